The SMILES string of the molecule is CN.CN.CN.O=N[O-].O=N[O-].O=N[O-].O=N[O-].O=N[O-].O=N[O-].[Co]. The summed E-state index contributed by atoms with van der Waals surface area (Å²) in [5, 5.41) is 54.0. The summed E-state index contributed by atoms with van der Waals surface area (Å²) in [6, 6.07) is 0. The second-order valence-electron chi connectivity index (χ2n) is 0.447. The van der Waals surface area contributed by atoms with Crippen LogP contribution in [0.25, 0.3) is 0 Å². The van der Waals surface area contributed by atoms with E-state index in [9.17, 15) is 0 Å². The molecule has 0 saturated heterocycles. The summed E-state index contributed by atoms with van der Waals surface area (Å²) in [4.78, 5) is 48.0. The summed E-state index contributed by atoms with van der Waals surface area (Å²) >= 11 is 0. The normalized spacial score (nSPS) is 3.60. The minimum atomic E-state index is 0. The maximum Gasteiger partial charge on any atom is 0 e. The standard InChI is InChI=1S/3CH5N.Co.6HNO2/c3*1-2;;6*2-1-3/h3*2H2,1H3;;6*(H,2,3)/p-6. The monoisotopic (exact) mass is 428 g/mol. The molecule has 0 saturated carbocycles. The number of hydrogen-bond acceptors (Lipinski definition) is 21. The summed E-state index contributed by atoms with van der Waals surface area (Å²) < 4.78 is 0. The van der Waals surface area contributed by atoms with Gasteiger partial charge in [-0.15, -0.1) is 32.0 Å². The first kappa shape index (κ1) is 67.8. The van der Waals surface area contributed by atoms with E-state index >= 15 is 0 Å². The Morgan fingerprint density at radius 3 is 0.400 bits per heavy atom. The topological polar surface area (TPSA) is 393 Å². The van der Waals surface area contributed by atoms with Gasteiger partial charge in [0.05, 0.1) is 0 Å². The molecule has 0 aliphatic heterocycles. The van der Waals surface area contributed by atoms with Gasteiger partial charge >= 0.3 is 0 Å². The Labute approximate surface area is 149 Å². The third-order valence-corrected chi connectivity index (χ3v) is 0. The molecule has 0 bridgehead atoms. The van der Waals surface area contributed by atoms with Crippen LogP contribution >= 0.6 is 0 Å². The molecule has 159 valence electrons. The molecule has 0 rings (SSSR count). The minimum Gasteiger partial charge on any atom is -0.444 e. The fourth-order valence-corrected chi connectivity index (χ4v) is 0. The summed E-state index contributed by atoms with van der Waals surface area (Å²) in [5.41, 5.74) is 13.5. The van der Waals surface area contributed by atoms with Crippen molar-refractivity contribution in [1.82, 2.24) is 0 Å². The molecule has 0 heterocycles. The van der Waals surface area contributed by atoms with Crippen LogP contribution in [0.3, 0.4) is 0 Å². The number of nitrogens with two attached hydrogens (primary N) is 3. The van der Waals surface area contributed by atoms with E-state index in [1.54, 1.807) is 0 Å². The van der Waals surface area contributed by atoms with Crippen molar-refractivity contribution in [2.45, 2.75) is 0 Å². The largest absolute Gasteiger partial charge is 0.444 e. The van der Waals surface area contributed by atoms with Gasteiger partial charge in [0, 0.05) is 16.8 Å². The van der Waals surface area contributed by atoms with E-state index in [4.69, 9.17) is 60.7 Å². The zero-order chi connectivity index (χ0) is 22.2. The summed E-state index contributed by atoms with van der Waals surface area (Å²) in [6.07, 6.45) is 0. The minimum absolute atomic E-state index is 0. The van der Waals surface area contributed by atoms with Gasteiger partial charge in [-0.3, -0.25) is 0 Å². The fraction of sp³-hybridized carbons (Fsp3) is 1.00. The molecule has 0 aromatic carbocycles. The molecule has 21 nitrogen and oxygen atoms in total. The van der Waals surface area contributed by atoms with Gasteiger partial charge in [0.15, 0.2) is 0 Å². The van der Waals surface area contributed by atoms with Crippen LogP contribution in [0.1, 0.15) is 0 Å². The molecular formula is C3H15CoN9O12-6. The van der Waals surface area contributed by atoms with E-state index in [-0.39, 0.29) is 16.8 Å². The van der Waals surface area contributed by atoms with Crippen molar-refractivity contribution < 1.29 is 16.8 Å². The van der Waals surface area contributed by atoms with Gasteiger partial charge in [-0.25, -0.2) is 0 Å². The van der Waals surface area contributed by atoms with Crippen molar-refractivity contribution in [3.05, 3.63) is 60.7 Å². The predicted molar refractivity (Wildman–Crippen MR) is 85.3 cm³/mol. The summed E-state index contributed by atoms with van der Waals surface area (Å²) in [6.45, 7) is 0. The maximum absolute atomic E-state index is 8.00. The first-order valence-corrected chi connectivity index (χ1v) is 3.92. The van der Waals surface area contributed by atoms with Gasteiger partial charge in [0.1, 0.15) is 0 Å². The Morgan fingerprint density at radius 2 is 0.400 bits per heavy atom. The molecule has 6 N–H and O–H groups in total. The Kier molecular flexibility index (Phi) is 2840. The van der Waals surface area contributed by atoms with Crippen LogP contribution in [0.2, 0.25) is 0 Å². The molecule has 0 fully saturated rings. The average molecular weight is 428 g/mol. The van der Waals surface area contributed by atoms with Crippen LogP contribution in [0, 0.1) is 60.7 Å². The Hall–Kier alpha value is -3.21. The molecule has 0 aromatic heterocycles. The van der Waals surface area contributed by atoms with Gasteiger partial charge in [0.25, 0.3) is 0 Å². The van der Waals surface area contributed by atoms with Crippen LogP contribution in [-0.2, 0) is 16.8 Å². The zero-order valence-electron chi connectivity index (χ0n) is 12.6. The van der Waals surface area contributed by atoms with Crippen molar-refractivity contribution in [1.29, 1.82) is 0 Å². The summed E-state index contributed by atoms with van der Waals surface area (Å²) in [7, 11) is 4.50. The van der Waals surface area contributed by atoms with Crippen molar-refractivity contribution in [2.24, 2.45) is 49.2 Å². The van der Waals surface area contributed by atoms with Gasteiger partial charge in [-0.05, 0) is 21.1 Å². The Morgan fingerprint density at radius 1 is 0.400 bits per heavy atom. The third-order valence-electron chi connectivity index (χ3n) is 0. The second kappa shape index (κ2) is 1050. The van der Waals surface area contributed by atoms with E-state index in [0.717, 1.165) is 32.0 Å². The Bertz CT molecular complexity index is 131. The quantitative estimate of drug-likeness (QED) is 0.343. The van der Waals surface area contributed by atoms with Crippen molar-refractivity contribution >= 4 is 0 Å². The summed E-state index contributed by atoms with van der Waals surface area (Å²) in [5.74, 6) is 0. The molecule has 0 atom stereocenters. The van der Waals surface area contributed by atoms with E-state index in [1.165, 1.54) is 21.1 Å². The smallest absolute Gasteiger partial charge is 0 e. The van der Waals surface area contributed by atoms with E-state index in [2.05, 4.69) is 17.2 Å². The zero-order valence-corrected chi connectivity index (χ0v) is 13.7. The van der Waals surface area contributed by atoms with E-state index < -0.39 is 0 Å². The van der Waals surface area contributed by atoms with Gasteiger partial charge < -0.3 is 77.9 Å². The van der Waals surface area contributed by atoms with Crippen LogP contribution < -0.4 is 17.2 Å². The molecule has 0 unspecified atom stereocenters. The van der Waals surface area contributed by atoms with E-state index in [0.29, 0.717) is 0 Å². The van der Waals surface area contributed by atoms with Crippen LogP contribution in [-0.4, -0.2) is 21.1 Å². The van der Waals surface area contributed by atoms with Crippen molar-refractivity contribution in [3.8, 4) is 0 Å². The molecule has 0 amide bonds. The molecule has 22 heteroatoms. The van der Waals surface area contributed by atoms with Gasteiger partial charge in [-0.1, -0.05) is 0 Å². The molecule has 1 radical (unpaired) electrons. The maximum atomic E-state index is 8.00. The van der Waals surface area contributed by atoms with Crippen LogP contribution in [0.15, 0.2) is 32.0 Å². The predicted octanol–water partition coefficient (Wildman–Crippen LogP) is 0.226. The molecule has 0 aliphatic rings. The molecular weight excluding hydrogens is 413 g/mol. The first-order valence-electron chi connectivity index (χ1n) is 3.92. The van der Waals surface area contributed by atoms with Crippen molar-refractivity contribution in [3.63, 3.8) is 0 Å². The molecule has 0 aliphatic carbocycles. The average Bonchev–Trinajstić information content (AvgIpc) is 2.57. The fourth-order valence-electron chi connectivity index (χ4n) is 0. The molecule has 25 heavy (non-hydrogen) atoms. The first-order chi connectivity index (χ1) is 11.5. The van der Waals surface area contributed by atoms with Gasteiger partial charge in [-0.2, -0.15) is 0 Å². The van der Waals surface area contributed by atoms with E-state index in [1.807, 2.05) is 0 Å². The van der Waals surface area contributed by atoms with Gasteiger partial charge in [0.2, 0.25) is 0 Å². The van der Waals surface area contributed by atoms with Crippen LogP contribution in [0.4, 0.5) is 0 Å². The second-order valence-corrected chi connectivity index (χ2v) is 0.447. The molecule has 0 spiro atoms. The Balaban J connectivity index is -0.0000000127. The third kappa shape index (κ3) is 710. The number of nitrogens with zero attached hydrogens (tertiary/aromatic N) is 6. The number of hydrogen-bond donors (Lipinski definition) is 3. The number of rotatable bonds is 0. The molecule has 0 aromatic rings. The van der Waals surface area contributed by atoms with Crippen molar-refractivity contribution in [2.75, 3.05) is 21.1 Å². The van der Waals surface area contributed by atoms with Crippen LogP contribution in [0.5, 0.6) is 0 Å².